The van der Waals surface area contributed by atoms with E-state index in [0.29, 0.717) is 30.4 Å². The maximum atomic E-state index is 12.6. The molecule has 3 aromatic rings. The van der Waals surface area contributed by atoms with Crippen molar-refractivity contribution in [3.05, 3.63) is 40.8 Å². The molecular formula is C24H28Cl2N4O3. The highest BCUT2D eigenvalue weighted by atomic mass is 35.5. The van der Waals surface area contributed by atoms with E-state index in [0.717, 1.165) is 35.1 Å². The molecule has 4 rings (SSSR count). The lowest BCUT2D eigenvalue weighted by Crippen LogP contribution is -2.43. The van der Waals surface area contributed by atoms with Crippen LogP contribution in [0, 0.1) is 5.92 Å². The number of halogens is 2. The number of benzene rings is 1. The molecule has 2 aromatic heterocycles. The molecule has 0 aliphatic carbocycles. The van der Waals surface area contributed by atoms with Gasteiger partial charge in [-0.3, -0.25) is 0 Å². The lowest BCUT2D eigenvalue weighted by Gasteiger charge is -2.34. The van der Waals surface area contributed by atoms with Crippen molar-refractivity contribution in [1.29, 1.82) is 0 Å². The highest BCUT2D eigenvalue weighted by Gasteiger charge is 2.29. The number of likely N-dealkylation sites (tertiary alicyclic amines) is 1. The van der Waals surface area contributed by atoms with Crippen molar-refractivity contribution in [2.75, 3.05) is 20.2 Å². The molecule has 0 radical (unpaired) electrons. The number of carbonyl (C=O) groups excluding carboxylic acids is 1. The van der Waals surface area contributed by atoms with Crippen LogP contribution in [0.5, 0.6) is 5.75 Å². The standard InChI is InChI=1S/C24H28Cl2N4O3/c1-24(2,3)33-23(31)29-9-5-6-15(13-29)14-30-20(10-16-12-27-22(26)28-21(16)30)18-8-7-17(32-4)11-19(18)25/h7-8,10-12,15H,5-6,9,13-14H2,1-4H3/t15-/m1/s1. The van der Waals surface area contributed by atoms with Crippen LogP contribution in [0.2, 0.25) is 10.3 Å². The van der Waals surface area contributed by atoms with Crippen LogP contribution in [-0.4, -0.2) is 51.3 Å². The maximum absolute atomic E-state index is 12.6. The number of aromatic nitrogens is 3. The summed E-state index contributed by atoms with van der Waals surface area (Å²) in [5.74, 6) is 0.918. The third-order valence-electron chi connectivity index (χ3n) is 5.67. The SMILES string of the molecule is COc1ccc(-c2cc3cnc(Cl)nc3n2C[C@@H]2CCCN(C(=O)OC(C)(C)C)C2)c(Cl)c1. The monoisotopic (exact) mass is 490 g/mol. The van der Waals surface area contributed by atoms with Gasteiger partial charge in [-0.05, 0) is 75.4 Å². The second-order valence-electron chi connectivity index (χ2n) is 9.34. The summed E-state index contributed by atoms with van der Waals surface area (Å²) in [6.07, 6.45) is 3.36. The molecule has 1 aliphatic heterocycles. The van der Waals surface area contributed by atoms with Crippen molar-refractivity contribution in [3.8, 4) is 17.0 Å². The van der Waals surface area contributed by atoms with Crippen molar-refractivity contribution in [1.82, 2.24) is 19.4 Å². The van der Waals surface area contributed by atoms with Gasteiger partial charge in [0.2, 0.25) is 5.28 Å². The number of hydrogen-bond donors (Lipinski definition) is 0. The van der Waals surface area contributed by atoms with Crippen molar-refractivity contribution < 1.29 is 14.3 Å². The minimum absolute atomic E-state index is 0.188. The predicted octanol–water partition coefficient (Wildman–Crippen LogP) is 6.06. The number of nitrogens with zero attached hydrogens (tertiary/aromatic N) is 4. The van der Waals surface area contributed by atoms with E-state index in [1.165, 1.54) is 0 Å². The minimum Gasteiger partial charge on any atom is -0.497 e. The number of fused-ring (bicyclic) bond motifs is 1. The molecule has 33 heavy (non-hydrogen) atoms. The fourth-order valence-electron chi connectivity index (χ4n) is 4.22. The first-order chi connectivity index (χ1) is 15.6. The second kappa shape index (κ2) is 9.39. The summed E-state index contributed by atoms with van der Waals surface area (Å²) in [6, 6.07) is 7.64. The van der Waals surface area contributed by atoms with Gasteiger partial charge in [0.25, 0.3) is 0 Å². The minimum atomic E-state index is -0.521. The summed E-state index contributed by atoms with van der Waals surface area (Å²) in [6.45, 7) is 7.62. The number of hydrogen-bond acceptors (Lipinski definition) is 5. The van der Waals surface area contributed by atoms with Crippen molar-refractivity contribution in [2.45, 2.75) is 45.8 Å². The van der Waals surface area contributed by atoms with Crippen molar-refractivity contribution in [2.24, 2.45) is 5.92 Å². The molecule has 0 unspecified atom stereocenters. The largest absolute Gasteiger partial charge is 0.497 e. The summed E-state index contributed by atoms with van der Waals surface area (Å²) in [5.41, 5.74) is 2.01. The molecule has 7 nitrogen and oxygen atoms in total. The zero-order valence-electron chi connectivity index (χ0n) is 19.3. The van der Waals surface area contributed by atoms with E-state index >= 15 is 0 Å². The summed E-state index contributed by atoms with van der Waals surface area (Å²) in [7, 11) is 1.61. The van der Waals surface area contributed by atoms with Crippen molar-refractivity contribution in [3.63, 3.8) is 0 Å². The van der Waals surface area contributed by atoms with Gasteiger partial charge in [-0.1, -0.05) is 11.6 Å². The summed E-state index contributed by atoms with van der Waals surface area (Å²) in [4.78, 5) is 23.1. The molecule has 0 spiro atoms. The Bertz CT molecular complexity index is 1170. The Morgan fingerprint density at radius 1 is 1.24 bits per heavy atom. The average molecular weight is 491 g/mol. The van der Waals surface area contributed by atoms with Crippen LogP contribution in [-0.2, 0) is 11.3 Å². The van der Waals surface area contributed by atoms with E-state index in [1.807, 2.05) is 39.0 Å². The Balaban J connectivity index is 1.67. The third kappa shape index (κ3) is 5.36. The van der Waals surface area contributed by atoms with Gasteiger partial charge in [-0.25, -0.2) is 9.78 Å². The Morgan fingerprint density at radius 3 is 2.73 bits per heavy atom. The van der Waals surface area contributed by atoms with Gasteiger partial charge in [0, 0.05) is 36.8 Å². The van der Waals surface area contributed by atoms with Crippen LogP contribution in [0.15, 0.2) is 30.5 Å². The summed E-state index contributed by atoms with van der Waals surface area (Å²) >= 11 is 12.8. The van der Waals surface area contributed by atoms with Crippen LogP contribution in [0.25, 0.3) is 22.3 Å². The Hall–Kier alpha value is -2.51. The van der Waals surface area contributed by atoms with Crippen molar-refractivity contribution >= 4 is 40.3 Å². The van der Waals surface area contributed by atoms with Crippen LogP contribution in [0.1, 0.15) is 33.6 Å². The summed E-state index contributed by atoms with van der Waals surface area (Å²) in [5, 5.41) is 1.64. The molecule has 1 saturated heterocycles. The molecule has 9 heteroatoms. The zero-order valence-corrected chi connectivity index (χ0v) is 20.8. The van der Waals surface area contributed by atoms with Gasteiger partial charge in [0.05, 0.1) is 17.8 Å². The van der Waals surface area contributed by atoms with Gasteiger partial charge >= 0.3 is 6.09 Å². The molecule has 1 amide bonds. The molecule has 0 N–H and O–H groups in total. The topological polar surface area (TPSA) is 69.5 Å². The fourth-order valence-corrected chi connectivity index (χ4v) is 4.62. The van der Waals surface area contributed by atoms with E-state index in [1.54, 1.807) is 24.3 Å². The second-order valence-corrected chi connectivity index (χ2v) is 10.1. The number of methoxy groups -OCH3 is 1. The van der Waals surface area contributed by atoms with Gasteiger partial charge in [0.1, 0.15) is 17.0 Å². The molecule has 0 bridgehead atoms. The Morgan fingerprint density at radius 2 is 2.03 bits per heavy atom. The van der Waals surface area contributed by atoms with Crippen LogP contribution in [0.4, 0.5) is 4.79 Å². The van der Waals surface area contributed by atoms with E-state index < -0.39 is 5.60 Å². The number of piperidine rings is 1. The third-order valence-corrected chi connectivity index (χ3v) is 6.16. The molecule has 1 atom stereocenters. The van der Waals surface area contributed by atoms with Gasteiger partial charge in [0.15, 0.2) is 0 Å². The zero-order chi connectivity index (χ0) is 23.8. The highest BCUT2D eigenvalue weighted by Crippen LogP contribution is 2.36. The van der Waals surface area contributed by atoms with Gasteiger partial charge in [-0.15, -0.1) is 0 Å². The van der Waals surface area contributed by atoms with E-state index in [-0.39, 0.29) is 17.3 Å². The first kappa shape index (κ1) is 23.6. The number of rotatable bonds is 4. The number of carbonyl (C=O) groups is 1. The first-order valence-electron chi connectivity index (χ1n) is 11.0. The average Bonchev–Trinajstić information content (AvgIpc) is 3.10. The molecule has 3 heterocycles. The smallest absolute Gasteiger partial charge is 0.410 e. The number of ether oxygens (including phenoxy) is 2. The van der Waals surface area contributed by atoms with Gasteiger partial charge < -0.3 is 18.9 Å². The molecule has 1 aliphatic rings. The summed E-state index contributed by atoms with van der Waals surface area (Å²) < 4.78 is 13.0. The highest BCUT2D eigenvalue weighted by molar-refractivity contribution is 6.33. The van der Waals surface area contributed by atoms with E-state index in [9.17, 15) is 4.79 Å². The van der Waals surface area contributed by atoms with E-state index in [2.05, 4.69) is 14.5 Å². The Kier molecular flexibility index (Phi) is 6.73. The number of amides is 1. The van der Waals surface area contributed by atoms with Crippen LogP contribution >= 0.6 is 23.2 Å². The quantitative estimate of drug-likeness (QED) is 0.415. The van der Waals surface area contributed by atoms with Gasteiger partial charge in [-0.2, -0.15) is 4.98 Å². The predicted molar refractivity (Wildman–Crippen MR) is 130 cm³/mol. The molecule has 0 saturated carbocycles. The molecule has 1 fully saturated rings. The normalized spacial score (nSPS) is 16.8. The first-order valence-corrected chi connectivity index (χ1v) is 11.7. The molecule has 1 aromatic carbocycles. The Labute approximate surface area is 203 Å². The lowest BCUT2D eigenvalue weighted by molar-refractivity contribution is 0.0158. The molecular weight excluding hydrogens is 463 g/mol. The van der Waals surface area contributed by atoms with Crippen LogP contribution in [0.3, 0.4) is 0 Å². The maximum Gasteiger partial charge on any atom is 0.410 e. The fraction of sp³-hybridized carbons (Fsp3) is 0.458. The van der Waals surface area contributed by atoms with Crippen LogP contribution < -0.4 is 4.74 Å². The van der Waals surface area contributed by atoms with E-state index in [4.69, 9.17) is 32.7 Å². The molecule has 176 valence electrons. The lowest BCUT2D eigenvalue weighted by atomic mass is 9.98.